The Balaban J connectivity index is 1.27. The van der Waals surface area contributed by atoms with Crippen LogP contribution in [0.2, 0.25) is 0 Å². The fourth-order valence-electron chi connectivity index (χ4n) is 3.46. The minimum absolute atomic E-state index is 0.149. The lowest BCUT2D eigenvalue weighted by molar-refractivity contribution is -0.131. The van der Waals surface area contributed by atoms with Crippen LogP contribution >= 0.6 is 11.3 Å². The Kier molecular flexibility index (Phi) is 6.31. The van der Waals surface area contributed by atoms with Crippen molar-refractivity contribution in [3.8, 4) is 11.5 Å². The van der Waals surface area contributed by atoms with Crippen LogP contribution in [0.3, 0.4) is 0 Å². The summed E-state index contributed by atoms with van der Waals surface area (Å²) in [4.78, 5) is 21.4. The second kappa shape index (κ2) is 9.28. The van der Waals surface area contributed by atoms with Crippen molar-refractivity contribution >= 4 is 17.2 Å². The van der Waals surface area contributed by atoms with E-state index in [9.17, 15) is 4.79 Å². The molecule has 0 N–H and O–H groups in total. The second-order valence-electron chi connectivity index (χ2n) is 7.36. The van der Waals surface area contributed by atoms with E-state index in [4.69, 9.17) is 4.42 Å². The molecule has 4 rings (SSSR count). The first-order valence-corrected chi connectivity index (χ1v) is 10.9. The molecule has 0 unspecified atom stereocenters. The molecule has 152 valence electrons. The van der Waals surface area contributed by atoms with Gasteiger partial charge in [-0.15, -0.1) is 21.5 Å². The van der Waals surface area contributed by atoms with Gasteiger partial charge in [0, 0.05) is 56.5 Å². The monoisotopic (exact) mass is 411 g/mol. The summed E-state index contributed by atoms with van der Waals surface area (Å²) in [6, 6.07) is 7.96. The fraction of sp³-hybridized carbons (Fsp3) is 0.429. The Labute approximate surface area is 174 Å². The SMILES string of the molecule is Cc1ccc(-c2nnc(CCC(=O)N3CCCN(Cc4cscn4)CC3)o2)cc1. The van der Waals surface area contributed by atoms with Gasteiger partial charge >= 0.3 is 0 Å². The van der Waals surface area contributed by atoms with Crippen LogP contribution < -0.4 is 0 Å². The zero-order chi connectivity index (χ0) is 20.1. The second-order valence-corrected chi connectivity index (χ2v) is 8.08. The quantitative estimate of drug-likeness (QED) is 0.620. The van der Waals surface area contributed by atoms with Crippen molar-refractivity contribution in [1.29, 1.82) is 0 Å². The predicted octanol–water partition coefficient (Wildman–Crippen LogP) is 3.17. The molecule has 3 aromatic rings. The topological polar surface area (TPSA) is 75.4 Å². The Hall–Kier alpha value is -2.58. The number of rotatable bonds is 6. The number of amides is 1. The molecule has 0 saturated carbocycles. The Morgan fingerprint density at radius 2 is 2.00 bits per heavy atom. The largest absolute Gasteiger partial charge is 0.421 e. The molecule has 0 bridgehead atoms. The predicted molar refractivity (Wildman–Crippen MR) is 111 cm³/mol. The van der Waals surface area contributed by atoms with Crippen molar-refractivity contribution in [3.05, 3.63) is 52.3 Å². The summed E-state index contributed by atoms with van der Waals surface area (Å²) in [5, 5.41) is 10.3. The van der Waals surface area contributed by atoms with Crippen LogP contribution in [-0.2, 0) is 17.8 Å². The average molecular weight is 412 g/mol. The molecule has 7 nitrogen and oxygen atoms in total. The highest BCUT2D eigenvalue weighted by molar-refractivity contribution is 7.07. The van der Waals surface area contributed by atoms with E-state index < -0.39 is 0 Å². The van der Waals surface area contributed by atoms with Crippen LogP contribution in [0, 0.1) is 6.92 Å². The molecule has 1 aliphatic heterocycles. The molecule has 8 heteroatoms. The van der Waals surface area contributed by atoms with Crippen molar-refractivity contribution < 1.29 is 9.21 Å². The number of carbonyl (C=O) groups is 1. The van der Waals surface area contributed by atoms with Gasteiger partial charge in [-0.05, 0) is 25.5 Å². The van der Waals surface area contributed by atoms with Crippen molar-refractivity contribution in [1.82, 2.24) is 25.0 Å². The van der Waals surface area contributed by atoms with E-state index in [2.05, 4.69) is 25.5 Å². The first-order valence-electron chi connectivity index (χ1n) is 9.94. The molecule has 1 amide bonds. The number of carbonyl (C=O) groups excluding carboxylic acids is 1. The van der Waals surface area contributed by atoms with Gasteiger partial charge in [0.2, 0.25) is 17.7 Å². The van der Waals surface area contributed by atoms with Gasteiger partial charge in [0.25, 0.3) is 0 Å². The number of aromatic nitrogens is 3. The van der Waals surface area contributed by atoms with E-state index in [0.717, 1.165) is 50.4 Å². The molecule has 0 spiro atoms. The highest BCUT2D eigenvalue weighted by atomic mass is 32.1. The van der Waals surface area contributed by atoms with Crippen LogP contribution in [0.25, 0.3) is 11.5 Å². The molecule has 1 fully saturated rings. The number of benzene rings is 1. The summed E-state index contributed by atoms with van der Waals surface area (Å²) in [5.74, 6) is 1.16. The normalized spacial score (nSPS) is 15.4. The van der Waals surface area contributed by atoms with Gasteiger partial charge in [0.15, 0.2) is 0 Å². The Morgan fingerprint density at radius 3 is 2.79 bits per heavy atom. The molecule has 0 aliphatic carbocycles. The van der Waals surface area contributed by atoms with Crippen molar-refractivity contribution in [2.24, 2.45) is 0 Å². The van der Waals surface area contributed by atoms with E-state index in [-0.39, 0.29) is 5.91 Å². The number of thiazole rings is 1. The molecule has 3 heterocycles. The third kappa shape index (κ3) is 5.27. The van der Waals surface area contributed by atoms with E-state index in [1.54, 1.807) is 11.3 Å². The molecule has 1 aliphatic rings. The summed E-state index contributed by atoms with van der Waals surface area (Å²) >= 11 is 1.62. The molecule has 1 saturated heterocycles. The van der Waals surface area contributed by atoms with E-state index >= 15 is 0 Å². The van der Waals surface area contributed by atoms with Crippen LogP contribution in [0.1, 0.15) is 30.0 Å². The molecule has 29 heavy (non-hydrogen) atoms. The van der Waals surface area contributed by atoms with Crippen LogP contribution in [0.15, 0.2) is 39.6 Å². The zero-order valence-electron chi connectivity index (χ0n) is 16.6. The number of hydrogen-bond donors (Lipinski definition) is 0. The third-order valence-electron chi connectivity index (χ3n) is 5.13. The first-order chi connectivity index (χ1) is 14.2. The number of aryl methyl sites for hydroxylation is 2. The van der Waals surface area contributed by atoms with Crippen LogP contribution in [-0.4, -0.2) is 57.1 Å². The molecule has 0 atom stereocenters. The zero-order valence-corrected chi connectivity index (χ0v) is 17.4. The lowest BCUT2D eigenvalue weighted by Crippen LogP contribution is -2.35. The Bertz CT molecular complexity index is 923. The van der Waals surface area contributed by atoms with Crippen molar-refractivity contribution in [2.45, 2.75) is 32.7 Å². The molecular weight excluding hydrogens is 386 g/mol. The average Bonchev–Trinajstić information content (AvgIpc) is 3.35. The van der Waals surface area contributed by atoms with Gasteiger partial charge in [-0.1, -0.05) is 17.7 Å². The van der Waals surface area contributed by atoms with Crippen molar-refractivity contribution in [2.75, 3.05) is 26.2 Å². The summed E-state index contributed by atoms with van der Waals surface area (Å²) in [5.41, 5.74) is 5.05. The Morgan fingerprint density at radius 1 is 1.14 bits per heavy atom. The van der Waals surface area contributed by atoms with Crippen LogP contribution in [0.4, 0.5) is 0 Å². The van der Waals surface area contributed by atoms with Gasteiger partial charge in [-0.2, -0.15) is 0 Å². The third-order valence-corrected chi connectivity index (χ3v) is 5.76. The highest BCUT2D eigenvalue weighted by Gasteiger charge is 2.20. The molecule has 2 aromatic heterocycles. The lowest BCUT2D eigenvalue weighted by atomic mass is 10.1. The molecule has 0 radical (unpaired) electrons. The smallest absolute Gasteiger partial charge is 0.247 e. The molecular formula is C21H25N5O2S. The van der Waals surface area contributed by atoms with Crippen molar-refractivity contribution in [3.63, 3.8) is 0 Å². The lowest BCUT2D eigenvalue weighted by Gasteiger charge is -2.21. The van der Waals surface area contributed by atoms with Gasteiger partial charge in [0.05, 0.1) is 11.2 Å². The van der Waals surface area contributed by atoms with Gasteiger partial charge in [-0.25, -0.2) is 4.98 Å². The fourth-order valence-corrected chi connectivity index (χ4v) is 4.01. The minimum Gasteiger partial charge on any atom is -0.421 e. The highest BCUT2D eigenvalue weighted by Crippen LogP contribution is 2.19. The summed E-state index contributed by atoms with van der Waals surface area (Å²) in [7, 11) is 0. The first kappa shape index (κ1) is 19.7. The van der Waals surface area contributed by atoms with E-state index in [0.29, 0.717) is 24.6 Å². The summed E-state index contributed by atoms with van der Waals surface area (Å²) in [6.45, 7) is 6.31. The maximum Gasteiger partial charge on any atom is 0.247 e. The maximum atomic E-state index is 12.7. The van der Waals surface area contributed by atoms with Gasteiger partial charge < -0.3 is 9.32 Å². The summed E-state index contributed by atoms with van der Waals surface area (Å²) < 4.78 is 5.74. The molecule has 1 aromatic carbocycles. The number of nitrogens with zero attached hydrogens (tertiary/aromatic N) is 5. The number of hydrogen-bond acceptors (Lipinski definition) is 7. The van der Waals surface area contributed by atoms with Gasteiger partial charge in [0.1, 0.15) is 0 Å². The van der Waals surface area contributed by atoms with Gasteiger partial charge in [-0.3, -0.25) is 9.69 Å². The summed E-state index contributed by atoms with van der Waals surface area (Å²) in [6.07, 6.45) is 1.84. The standard InChI is InChI=1S/C21H25N5O2S/c1-16-3-5-17(6-4-16)21-24-23-19(28-21)7-8-20(27)26-10-2-9-25(11-12-26)13-18-14-29-15-22-18/h3-6,14-15H,2,7-13H2,1H3. The minimum atomic E-state index is 0.149. The van der Waals surface area contributed by atoms with E-state index in [1.807, 2.05) is 41.6 Å². The van der Waals surface area contributed by atoms with E-state index in [1.165, 1.54) is 5.56 Å². The van der Waals surface area contributed by atoms with Crippen LogP contribution in [0.5, 0.6) is 0 Å². The maximum absolute atomic E-state index is 12.7.